The number of halogens is 2. The number of benzene rings is 1. The molecule has 3 heterocycles. The van der Waals surface area contributed by atoms with Gasteiger partial charge >= 0.3 is 5.97 Å². The zero-order valence-electron chi connectivity index (χ0n) is 16.2. The van der Waals surface area contributed by atoms with Crippen LogP contribution in [-0.4, -0.2) is 55.5 Å². The lowest BCUT2D eigenvalue weighted by Crippen LogP contribution is -2.37. The fourth-order valence-electron chi connectivity index (χ4n) is 3.26. The van der Waals surface area contributed by atoms with Gasteiger partial charge in [0.1, 0.15) is 0 Å². The van der Waals surface area contributed by atoms with Crippen LogP contribution in [0.25, 0.3) is 22.6 Å². The predicted octanol–water partition coefficient (Wildman–Crippen LogP) is 4.56. The van der Waals surface area contributed by atoms with Crippen molar-refractivity contribution in [3.63, 3.8) is 0 Å². The topological polar surface area (TPSA) is 77.9 Å². The maximum absolute atomic E-state index is 12.7. The molecule has 30 heavy (non-hydrogen) atoms. The molecule has 0 spiro atoms. The van der Waals surface area contributed by atoms with Gasteiger partial charge in [-0.05, 0) is 35.7 Å². The largest absolute Gasteiger partial charge is 0.460 e. The highest BCUT2D eigenvalue weighted by Gasteiger charge is 2.27. The van der Waals surface area contributed by atoms with Gasteiger partial charge in [-0.1, -0.05) is 35.5 Å². The molecule has 0 amide bonds. The second-order valence-electron chi connectivity index (χ2n) is 6.65. The molecule has 0 radical (unpaired) electrons. The second kappa shape index (κ2) is 10.6. The van der Waals surface area contributed by atoms with E-state index < -0.39 is 5.97 Å². The molecule has 3 aromatic rings. The Kier molecular flexibility index (Phi) is 7.93. The Morgan fingerprint density at radius 3 is 2.60 bits per heavy atom. The van der Waals surface area contributed by atoms with Crippen molar-refractivity contribution in [1.29, 1.82) is 0 Å². The molecule has 2 aromatic heterocycles. The van der Waals surface area contributed by atoms with Crippen LogP contribution in [0.4, 0.5) is 0 Å². The number of furan rings is 1. The summed E-state index contributed by atoms with van der Waals surface area (Å²) in [5.41, 5.74) is 1.70. The van der Waals surface area contributed by atoms with Crippen LogP contribution in [0.3, 0.4) is 0 Å². The van der Waals surface area contributed by atoms with Crippen LogP contribution in [0, 0.1) is 0 Å². The number of nitrogens with zero attached hydrogens (tertiary/aromatic N) is 2. The second-order valence-corrected chi connectivity index (χ2v) is 7.02. The van der Waals surface area contributed by atoms with E-state index in [0.717, 1.165) is 44.8 Å². The number of carbonyl (C=O) groups is 1. The van der Waals surface area contributed by atoms with Crippen LogP contribution in [-0.2, 0) is 9.47 Å². The summed E-state index contributed by atoms with van der Waals surface area (Å²) in [7, 11) is 0. The Bertz CT molecular complexity index is 951. The van der Waals surface area contributed by atoms with Gasteiger partial charge in [-0.3, -0.25) is 4.90 Å². The first-order valence-electron chi connectivity index (χ1n) is 9.50. The van der Waals surface area contributed by atoms with E-state index in [-0.39, 0.29) is 23.4 Å². The third-order valence-corrected chi connectivity index (χ3v) is 4.91. The molecule has 0 N–H and O–H groups in total. The number of hydrogen-bond donors (Lipinski definition) is 0. The lowest BCUT2D eigenvalue weighted by atomic mass is 10.0. The number of ether oxygens (including phenoxy) is 2. The molecule has 7 nitrogen and oxygen atoms in total. The molecule has 0 saturated carbocycles. The molecular weight excluding hydrogens is 431 g/mol. The van der Waals surface area contributed by atoms with Gasteiger partial charge < -0.3 is 18.4 Å². The van der Waals surface area contributed by atoms with Crippen molar-refractivity contribution in [3.8, 4) is 22.6 Å². The predicted molar refractivity (Wildman–Crippen MR) is 114 cm³/mol. The normalized spacial score (nSPS) is 14.3. The molecule has 1 saturated heterocycles. The average Bonchev–Trinajstić information content (AvgIpc) is 3.39. The van der Waals surface area contributed by atoms with Gasteiger partial charge in [0.25, 0.3) is 5.76 Å². The summed E-state index contributed by atoms with van der Waals surface area (Å²) in [6, 6.07) is 12.7. The summed E-state index contributed by atoms with van der Waals surface area (Å²) >= 11 is 5.90. The van der Waals surface area contributed by atoms with E-state index in [4.69, 9.17) is 30.0 Å². The monoisotopic (exact) mass is 452 g/mol. The Morgan fingerprint density at radius 2 is 1.90 bits per heavy atom. The van der Waals surface area contributed by atoms with Gasteiger partial charge in [-0.25, -0.2) is 4.79 Å². The molecule has 9 heteroatoms. The Morgan fingerprint density at radius 1 is 1.13 bits per heavy atom. The lowest BCUT2D eigenvalue weighted by molar-refractivity contribution is 0.0285. The van der Waals surface area contributed by atoms with Gasteiger partial charge in [0.05, 0.1) is 25.4 Å². The van der Waals surface area contributed by atoms with Gasteiger partial charge in [0.2, 0.25) is 0 Å². The SMILES string of the molecule is Cl.O=C(OCCCN1CCOCC1)c1onc(-c2ccc(Cl)o2)c1-c1ccccc1. The molecule has 0 atom stereocenters. The van der Waals surface area contributed by atoms with Crippen LogP contribution >= 0.6 is 24.0 Å². The van der Waals surface area contributed by atoms with E-state index in [1.807, 2.05) is 30.3 Å². The first-order chi connectivity index (χ1) is 14.2. The van der Waals surface area contributed by atoms with Crippen molar-refractivity contribution in [2.24, 2.45) is 0 Å². The minimum absolute atomic E-state index is 0. The highest BCUT2D eigenvalue weighted by molar-refractivity contribution is 6.29. The maximum atomic E-state index is 12.7. The third kappa shape index (κ3) is 5.23. The minimum Gasteiger partial charge on any atom is -0.460 e. The molecular formula is C21H22Cl2N2O5. The fraction of sp³-hybridized carbons (Fsp3) is 0.333. The lowest BCUT2D eigenvalue weighted by Gasteiger charge is -2.26. The Balaban J connectivity index is 0.00000256. The molecule has 4 rings (SSSR count). The van der Waals surface area contributed by atoms with Gasteiger partial charge in [0.15, 0.2) is 16.7 Å². The fourth-order valence-corrected chi connectivity index (χ4v) is 3.40. The summed E-state index contributed by atoms with van der Waals surface area (Å²) in [5.74, 6) is -0.0868. The van der Waals surface area contributed by atoms with Crippen molar-refractivity contribution >= 4 is 30.0 Å². The van der Waals surface area contributed by atoms with E-state index >= 15 is 0 Å². The Hall–Kier alpha value is -2.32. The van der Waals surface area contributed by atoms with E-state index in [0.29, 0.717) is 23.6 Å². The smallest absolute Gasteiger partial charge is 0.377 e. The standard InChI is InChI=1S/C21H21ClN2O5.ClH/c22-17-8-7-16(28-17)19-18(15-5-2-1-3-6-15)20(29-23-19)21(25)27-12-4-9-24-10-13-26-14-11-24;/h1-3,5-8H,4,9-14H2;1H. The van der Waals surface area contributed by atoms with Crippen molar-refractivity contribution in [2.45, 2.75) is 6.42 Å². The van der Waals surface area contributed by atoms with Gasteiger partial charge in [-0.2, -0.15) is 0 Å². The van der Waals surface area contributed by atoms with E-state index in [2.05, 4.69) is 10.1 Å². The highest BCUT2D eigenvalue weighted by atomic mass is 35.5. The highest BCUT2D eigenvalue weighted by Crippen LogP contribution is 2.36. The van der Waals surface area contributed by atoms with E-state index in [1.165, 1.54) is 0 Å². The van der Waals surface area contributed by atoms with E-state index in [1.54, 1.807) is 12.1 Å². The summed E-state index contributed by atoms with van der Waals surface area (Å²) in [5, 5.41) is 4.28. The molecule has 160 valence electrons. The summed E-state index contributed by atoms with van der Waals surface area (Å²) in [6.07, 6.45) is 0.737. The summed E-state index contributed by atoms with van der Waals surface area (Å²) in [4.78, 5) is 15.0. The minimum atomic E-state index is -0.553. The first kappa shape index (κ1) is 22.4. The zero-order valence-corrected chi connectivity index (χ0v) is 17.8. The van der Waals surface area contributed by atoms with Crippen molar-refractivity contribution in [2.75, 3.05) is 39.5 Å². The molecule has 0 aliphatic carbocycles. The number of aromatic nitrogens is 1. The Labute approximate surface area is 185 Å². The quantitative estimate of drug-likeness (QED) is 0.384. The summed E-state index contributed by atoms with van der Waals surface area (Å²) in [6.45, 7) is 4.46. The molecule has 1 fully saturated rings. The number of esters is 1. The maximum Gasteiger partial charge on any atom is 0.377 e. The van der Waals surface area contributed by atoms with E-state index in [9.17, 15) is 4.79 Å². The van der Waals surface area contributed by atoms with Crippen molar-refractivity contribution in [3.05, 3.63) is 53.4 Å². The average molecular weight is 453 g/mol. The molecule has 1 aliphatic rings. The first-order valence-corrected chi connectivity index (χ1v) is 9.88. The number of morpholine rings is 1. The van der Waals surface area contributed by atoms with Crippen LogP contribution in [0.5, 0.6) is 0 Å². The number of carbonyl (C=O) groups excluding carboxylic acids is 1. The van der Waals surface area contributed by atoms with Crippen LogP contribution in [0.1, 0.15) is 17.0 Å². The summed E-state index contributed by atoms with van der Waals surface area (Å²) < 4.78 is 21.6. The van der Waals surface area contributed by atoms with Crippen molar-refractivity contribution in [1.82, 2.24) is 10.1 Å². The molecule has 0 unspecified atom stereocenters. The third-order valence-electron chi connectivity index (χ3n) is 4.70. The van der Waals surface area contributed by atoms with Crippen molar-refractivity contribution < 1.29 is 23.2 Å². The molecule has 1 aliphatic heterocycles. The molecule has 1 aromatic carbocycles. The molecule has 0 bridgehead atoms. The zero-order chi connectivity index (χ0) is 20.1. The number of rotatable bonds is 7. The van der Waals surface area contributed by atoms with Crippen LogP contribution in [0.2, 0.25) is 5.22 Å². The van der Waals surface area contributed by atoms with Gasteiger partial charge in [0, 0.05) is 19.6 Å². The van der Waals surface area contributed by atoms with Crippen LogP contribution in [0.15, 0.2) is 51.4 Å². The van der Waals surface area contributed by atoms with Crippen LogP contribution < -0.4 is 0 Å². The number of hydrogen-bond acceptors (Lipinski definition) is 7. The van der Waals surface area contributed by atoms with Gasteiger partial charge in [-0.15, -0.1) is 12.4 Å².